The van der Waals surface area contributed by atoms with Gasteiger partial charge in [0.15, 0.2) is 7.14 Å². The summed E-state index contributed by atoms with van der Waals surface area (Å²) in [5, 5.41) is 10.5. The van der Waals surface area contributed by atoms with Crippen LogP contribution in [0.4, 0.5) is 0 Å². The van der Waals surface area contributed by atoms with Gasteiger partial charge in [-0.2, -0.15) is 0 Å². The Kier molecular flexibility index (Phi) is 5.77. The van der Waals surface area contributed by atoms with Gasteiger partial charge >= 0.3 is 0 Å². The van der Waals surface area contributed by atoms with E-state index in [0.717, 1.165) is 54.1 Å². The molecule has 0 fully saturated rings. The van der Waals surface area contributed by atoms with Crippen LogP contribution in [0.15, 0.2) is 158 Å². The number of benzene rings is 7. The van der Waals surface area contributed by atoms with Crippen molar-refractivity contribution in [2.45, 2.75) is 0 Å². The molecule has 1 heterocycles. The van der Waals surface area contributed by atoms with Gasteiger partial charge < -0.3 is 4.57 Å². The van der Waals surface area contributed by atoms with Gasteiger partial charge in [-0.25, -0.2) is 0 Å². The third kappa shape index (κ3) is 3.80. The van der Waals surface area contributed by atoms with Crippen molar-refractivity contribution in [3.8, 4) is 11.1 Å². The molecule has 7 aromatic carbocycles. The largest absolute Gasteiger partial charge is 0.309 e. The highest BCUT2D eigenvalue weighted by Crippen LogP contribution is 2.45. The summed E-state index contributed by atoms with van der Waals surface area (Å²) in [6.07, 6.45) is 1.87. The number of nitrogens with zero attached hydrogens (tertiary/aromatic N) is 1. The molecule has 8 aromatic rings. The zero-order valence-electron chi connectivity index (χ0n) is 22.8. The molecule has 0 amide bonds. The summed E-state index contributed by atoms with van der Waals surface area (Å²) >= 11 is 0. The van der Waals surface area contributed by atoms with Crippen molar-refractivity contribution >= 4 is 66.3 Å². The smallest absolute Gasteiger partial charge is 0.171 e. The van der Waals surface area contributed by atoms with E-state index < -0.39 is 7.14 Å². The summed E-state index contributed by atoms with van der Waals surface area (Å²) in [5.74, 6) is 0. The molecule has 0 bridgehead atoms. The predicted molar refractivity (Wildman–Crippen MR) is 179 cm³/mol. The lowest BCUT2D eigenvalue weighted by Gasteiger charge is -2.22. The van der Waals surface area contributed by atoms with E-state index in [9.17, 15) is 0 Å². The van der Waals surface area contributed by atoms with Gasteiger partial charge in [-0.3, -0.25) is 4.98 Å². The van der Waals surface area contributed by atoms with Crippen LogP contribution < -0.4 is 15.9 Å². The van der Waals surface area contributed by atoms with Gasteiger partial charge in [0.05, 0.1) is 5.52 Å². The lowest BCUT2D eigenvalue weighted by atomic mass is 9.93. The molecule has 0 aliphatic rings. The van der Waals surface area contributed by atoms with Crippen LogP contribution in [0, 0.1) is 0 Å². The molecule has 1 atom stereocenters. The summed E-state index contributed by atoms with van der Waals surface area (Å²) in [5.41, 5.74) is 3.18. The van der Waals surface area contributed by atoms with E-state index in [4.69, 9.17) is 4.98 Å². The highest BCUT2D eigenvalue weighted by atomic mass is 31.2. The fourth-order valence-electron chi connectivity index (χ4n) is 6.35. The lowest BCUT2D eigenvalue weighted by Crippen LogP contribution is -2.25. The molecule has 0 saturated carbocycles. The number of aromatic nitrogens is 1. The summed E-state index contributed by atoms with van der Waals surface area (Å²) < 4.78 is 15.4. The first-order valence-electron chi connectivity index (χ1n) is 14.2. The Morgan fingerprint density at radius 2 is 1.10 bits per heavy atom. The molecule has 1 unspecified atom stereocenters. The minimum Gasteiger partial charge on any atom is -0.309 e. The molecule has 1 aromatic heterocycles. The maximum absolute atomic E-state index is 15.4. The van der Waals surface area contributed by atoms with Crippen molar-refractivity contribution < 1.29 is 4.57 Å². The Morgan fingerprint density at radius 3 is 1.90 bits per heavy atom. The summed E-state index contributed by atoms with van der Waals surface area (Å²) in [6.45, 7) is 0. The van der Waals surface area contributed by atoms with Crippen molar-refractivity contribution in [1.29, 1.82) is 0 Å². The normalized spacial score (nSPS) is 13.0. The van der Waals surface area contributed by atoms with Crippen LogP contribution in [0.3, 0.4) is 0 Å². The van der Waals surface area contributed by atoms with Crippen LogP contribution in [0.1, 0.15) is 0 Å². The van der Waals surface area contributed by atoms with Crippen molar-refractivity contribution in [1.82, 2.24) is 4.98 Å². The molecule has 0 aliphatic carbocycles. The third-order valence-corrected chi connectivity index (χ3v) is 11.5. The number of hydrogen-bond donors (Lipinski definition) is 0. The second-order valence-electron chi connectivity index (χ2n) is 10.7. The highest BCUT2D eigenvalue weighted by molar-refractivity contribution is 7.85. The number of fused-ring (bicyclic) bond motifs is 6. The summed E-state index contributed by atoms with van der Waals surface area (Å²) in [6, 6.07) is 51.9. The van der Waals surface area contributed by atoms with Crippen molar-refractivity contribution in [2.24, 2.45) is 0 Å². The van der Waals surface area contributed by atoms with Crippen LogP contribution >= 0.6 is 7.14 Å². The Hall–Kier alpha value is -5.04. The van der Waals surface area contributed by atoms with E-state index in [1.165, 1.54) is 16.2 Å². The quantitative estimate of drug-likeness (QED) is 0.160. The fraction of sp³-hybridized carbons (Fsp3) is 0. The van der Waals surface area contributed by atoms with Gasteiger partial charge in [0.2, 0.25) is 0 Å². The zero-order valence-corrected chi connectivity index (χ0v) is 23.7. The first-order chi connectivity index (χ1) is 20.7. The maximum Gasteiger partial charge on any atom is 0.171 e. The van der Waals surface area contributed by atoms with E-state index in [0.29, 0.717) is 0 Å². The van der Waals surface area contributed by atoms with E-state index in [1.807, 2.05) is 66.9 Å². The average molecular weight is 556 g/mol. The fourth-order valence-corrected chi connectivity index (χ4v) is 9.21. The minimum atomic E-state index is -3.17. The first kappa shape index (κ1) is 24.7. The Balaban J connectivity index is 1.35. The third-order valence-electron chi connectivity index (χ3n) is 8.38. The SMILES string of the molecule is O=P(c1ccccc1)(c1ccc(-c2cc3c4ccccc4ccc3c3ncccc23)cc1)c1cccc2ccccc12. The second-order valence-corrected chi connectivity index (χ2v) is 13.4. The van der Waals surface area contributed by atoms with Gasteiger partial charge in [-0.05, 0) is 50.2 Å². The van der Waals surface area contributed by atoms with E-state index in [-0.39, 0.29) is 0 Å². The molecule has 2 nitrogen and oxygen atoms in total. The van der Waals surface area contributed by atoms with Crippen LogP contribution in [-0.2, 0) is 4.57 Å². The second kappa shape index (κ2) is 9.80. The molecule has 0 radical (unpaired) electrons. The van der Waals surface area contributed by atoms with Gasteiger partial charge in [-0.1, -0.05) is 140 Å². The highest BCUT2D eigenvalue weighted by Gasteiger charge is 2.31. The summed E-state index contributed by atoms with van der Waals surface area (Å²) in [4.78, 5) is 4.82. The molecule has 8 rings (SSSR count). The molecule has 0 spiro atoms. The van der Waals surface area contributed by atoms with Gasteiger partial charge in [0, 0.05) is 32.9 Å². The van der Waals surface area contributed by atoms with Gasteiger partial charge in [-0.15, -0.1) is 0 Å². The average Bonchev–Trinajstić information content (AvgIpc) is 3.07. The predicted octanol–water partition coefficient (Wildman–Crippen LogP) is 9.00. The molecular weight excluding hydrogens is 529 g/mol. The Bertz CT molecular complexity index is 2320. The van der Waals surface area contributed by atoms with Crippen LogP contribution in [-0.4, -0.2) is 4.98 Å². The van der Waals surface area contributed by atoms with Crippen molar-refractivity contribution in [2.75, 3.05) is 0 Å². The molecule has 198 valence electrons. The molecule has 0 saturated heterocycles. The summed E-state index contributed by atoms with van der Waals surface area (Å²) in [7, 11) is -3.17. The van der Waals surface area contributed by atoms with E-state index in [2.05, 4.69) is 91.0 Å². The van der Waals surface area contributed by atoms with Crippen LogP contribution in [0.25, 0.3) is 54.3 Å². The Morgan fingerprint density at radius 1 is 0.452 bits per heavy atom. The minimum absolute atomic E-state index is 0.822. The first-order valence-corrected chi connectivity index (χ1v) is 15.9. The Labute approximate surface area is 244 Å². The van der Waals surface area contributed by atoms with Crippen molar-refractivity contribution in [3.63, 3.8) is 0 Å². The molecule has 0 N–H and O–H groups in total. The standard InChI is InChI=1S/C39H26NOP/c41-42(30-13-2-1-3-14-30,38-18-8-12-27-10-5-7-16-33(27)38)31-22-19-29(20-23-31)36-26-37-32-15-6-4-11-28(32)21-24-35(37)39-34(36)17-9-25-40-39/h1-26H. The van der Waals surface area contributed by atoms with E-state index in [1.54, 1.807) is 0 Å². The monoisotopic (exact) mass is 555 g/mol. The molecule has 3 heteroatoms. The number of pyridine rings is 1. The topological polar surface area (TPSA) is 30.0 Å². The van der Waals surface area contributed by atoms with Gasteiger partial charge in [0.1, 0.15) is 0 Å². The maximum atomic E-state index is 15.4. The molecular formula is C39H26NOP. The van der Waals surface area contributed by atoms with Crippen LogP contribution in [0.2, 0.25) is 0 Å². The van der Waals surface area contributed by atoms with Crippen LogP contribution in [0.5, 0.6) is 0 Å². The van der Waals surface area contributed by atoms with E-state index >= 15 is 4.57 Å². The van der Waals surface area contributed by atoms with Gasteiger partial charge in [0.25, 0.3) is 0 Å². The zero-order chi connectivity index (χ0) is 28.1. The number of hydrogen-bond acceptors (Lipinski definition) is 2. The molecule has 0 aliphatic heterocycles. The van der Waals surface area contributed by atoms with Crippen molar-refractivity contribution in [3.05, 3.63) is 158 Å². The number of rotatable bonds is 4. The lowest BCUT2D eigenvalue weighted by molar-refractivity contribution is 0.592. The molecule has 42 heavy (non-hydrogen) atoms.